The highest BCUT2D eigenvalue weighted by Gasteiger charge is 2.04. The highest BCUT2D eigenvalue weighted by Crippen LogP contribution is 2.24. The molecular formula is C16H15ClO3. The number of halogens is 1. The van der Waals surface area contributed by atoms with E-state index in [1.165, 1.54) is 0 Å². The summed E-state index contributed by atoms with van der Waals surface area (Å²) in [4.78, 5) is 11.4. The number of hydrogen-bond acceptors (Lipinski definition) is 3. The van der Waals surface area contributed by atoms with E-state index in [4.69, 9.17) is 21.1 Å². The molecule has 0 aliphatic carbocycles. The zero-order valence-electron chi connectivity index (χ0n) is 11.1. The van der Waals surface area contributed by atoms with Gasteiger partial charge in [-0.25, -0.2) is 0 Å². The molecule has 0 aromatic heterocycles. The van der Waals surface area contributed by atoms with E-state index in [1.807, 2.05) is 36.4 Å². The van der Waals surface area contributed by atoms with Crippen LogP contribution in [0, 0.1) is 0 Å². The summed E-state index contributed by atoms with van der Waals surface area (Å²) in [5.74, 6) is 1.14. The molecule has 4 heteroatoms. The standard InChI is InChI=1S/C16H15ClO3/c1-2-19-16(18)10-12-6-8-14(9-7-12)20-15-5-3-4-13(17)11-15/h3-9,11H,2,10H2,1H3. The average Bonchev–Trinajstić information content (AvgIpc) is 2.41. The van der Waals surface area contributed by atoms with Gasteiger partial charge < -0.3 is 9.47 Å². The van der Waals surface area contributed by atoms with Crippen LogP contribution >= 0.6 is 11.6 Å². The molecule has 0 bridgehead atoms. The molecule has 0 spiro atoms. The van der Waals surface area contributed by atoms with Gasteiger partial charge in [-0.15, -0.1) is 0 Å². The molecule has 0 amide bonds. The average molecular weight is 291 g/mol. The molecule has 0 N–H and O–H groups in total. The van der Waals surface area contributed by atoms with Crippen molar-refractivity contribution in [3.63, 3.8) is 0 Å². The minimum Gasteiger partial charge on any atom is -0.466 e. The summed E-state index contributed by atoms with van der Waals surface area (Å²) in [5, 5.41) is 0.626. The SMILES string of the molecule is CCOC(=O)Cc1ccc(Oc2cccc(Cl)c2)cc1. The Hall–Kier alpha value is -2.00. The molecule has 0 saturated heterocycles. The van der Waals surface area contributed by atoms with Gasteiger partial charge >= 0.3 is 5.97 Å². The predicted molar refractivity (Wildman–Crippen MR) is 78.3 cm³/mol. The third kappa shape index (κ3) is 4.28. The molecule has 0 aliphatic heterocycles. The fourth-order valence-electron chi connectivity index (χ4n) is 1.72. The Morgan fingerprint density at radius 2 is 1.85 bits per heavy atom. The van der Waals surface area contributed by atoms with Crippen LogP contribution in [-0.4, -0.2) is 12.6 Å². The Labute approximate surface area is 123 Å². The van der Waals surface area contributed by atoms with E-state index >= 15 is 0 Å². The van der Waals surface area contributed by atoms with Crippen LogP contribution in [0.1, 0.15) is 12.5 Å². The third-order valence-corrected chi connectivity index (χ3v) is 2.84. The first-order chi connectivity index (χ1) is 9.67. The molecule has 104 valence electrons. The Kier molecular flexibility index (Phi) is 5.02. The minimum absolute atomic E-state index is 0.226. The van der Waals surface area contributed by atoms with Crippen molar-refractivity contribution in [1.82, 2.24) is 0 Å². The molecular weight excluding hydrogens is 276 g/mol. The molecule has 0 atom stereocenters. The van der Waals surface area contributed by atoms with Crippen LogP contribution in [0.4, 0.5) is 0 Å². The summed E-state index contributed by atoms with van der Waals surface area (Å²) in [6.45, 7) is 2.19. The van der Waals surface area contributed by atoms with Crippen LogP contribution in [-0.2, 0) is 16.0 Å². The van der Waals surface area contributed by atoms with Crippen LogP contribution in [0.25, 0.3) is 0 Å². The lowest BCUT2D eigenvalue weighted by atomic mass is 10.1. The van der Waals surface area contributed by atoms with Crippen molar-refractivity contribution in [2.75, 3.05) is 6.61 Å². The maximum atomic E-state index is 11.4. The lowest BCUT2D eigenvalue weighted by Gasteiger charge is -2.07. The molecule has 0 saturated carbocycles. The molecule has 0 unspecified atom stereocenters. The summed E-state index contributed by atoms with van der Waals surface area (Å²) in [6, 6.07) is 14.5. The van der Waals surface area contributed by atoms with Crippen LogP contribution in [0.15, 0.2) is 48.5 Å². The van der Waals surface area contributed by atoms with Gasteiger partial charge in [0, 0.05) is 5.02 Å². The van der Waals surface area contributed by atoms with Crippen molar-refractivity contribution >= 4 is 17.6 Å². The van der Waals surface area contributed by atoms with E-state index in [9.17, 15) is 4.79 Å². The first kappa shape index (κ1) is 14.4. The van der Waals surface area contributed by atoms with E-state index in [0.717, 1.165) is 5.56 Å². The summed E-state index contributed by atoms with van der Waals surface area (Å²) >= 11 is 5.89. The molecule has 0 aliphatic rings. The molecule has 0 fully saturated rings. The van der Waals surface area contributed by atoms with Crippen LogP contribution < -0.4 is 4.74 Å². The second-order valence-corrected chi connectivity index (χ2v) is 4.62. The largest absolute Gasteiger partial charge is 0.466 e. The summed E-state index contributed by atoms with van der Waals surface area (Å²) in [5.41, 5.74) is 0.891. The van der Waals surface area contributed by atoms with Crippen LogP contribution in [0.5, 0.6) is 11.5 Å². The summed E-state index contributed by atoms with van der Waals surface area (Å²) in [6.07, 6.45) is 0.269. The van der Waals surface area contributed by atoms with Gasteiger partial charge in [-0.05, 0) is 42.8 Å². The number of hydrogen-bond donors (Lipinski definition) is 0. The molecule has 3 nitrogen and oxygen atoms in total. The summed E-state index contributed by atoms with van der Waals surface area (Å²) in [7, 11) is 0. The third-order valence-electron chi connectivity index (χ3n) is 2.61. The number of esters is 1. The van der Waals surface area contributed by atoms with Crippen molar-refractivity contribution in [3.05, 3.63) is 59.1 Å². The zero-order chi connectivity index (χ0) is 14.4. The van der Waals surface area contributed by atoms with Crippen molar-refractivity contribution in [3.8, 4) is 11.5 Å². The van der Waals surface area contributed by atoms with Crippen LogP contribution in [0.3, 0.4) is 0 Å². The van der Waals surface area contributed by atoms with Gasteiger partial charge in [-0.2, -0.15) is 0 Å². The van der Waals surface area contributed by atoms with Crippen molar-refractivity contribution < 1.29 is 14.3 Å². The van der Waals surface area contributed by atoms with Gasteiger partial charge in [0.1, 0.15) is 11.5 Å². The van der Waals surface area contributed by atoms with Gasteiger partial charge in [-0.1, -0.05) is 29.8 Å². The first-order valence-electron chi connectivity index (χ1n) is 6.35. The van der Waals surface area contributed by atoms with E-state index in [0.29, 0.717) is 23.1 Å². The maximum absolute atomic E-state index is 11.4. The fraction of sp³-hybridized carbons (Fsp3) is 0.188. The quantitative estimate of drug-likeness (QED) is 0.773. The number of carbonyl (C=O) groups is 1. The molecule has 2 rings (SSSR count). The first-order valence-corrected chi connectivity index (χ1v) is 6.73. The molecule has 2 aromatic carbocycles. The number of carbonyl (C=O) groups excluding carboxylic acids is 1. The van der Waals surface area contributed by atoms with E-state index in [-0.39, 0.29) is 12.4 Å². The number of ether oxygens (including phenoxy) is 2. The molecule has 2 aromatic rings. The van der Waals surface area contributed by atoms with E-state index < -0.39 is 0 Å². The Bertz CT molecular complexity index is 579. The molecule has 0 heterocycles. The van der Waals surface area contributed by atoms with Gasteiger partial charge in [0.25, 0.3) is 0 Å². The topological polar surface area (TPSA) is 35.5 Å². The van der Waals surface area contributed by atoms with Crippen molar-refractivity contribution in [1.29, 1.82) is 0 Å². The van der Waals surface area contributed by atoms with Gasteiger partial charge in [0.15, 0.2) is 0 Å². The predicted octanol–water partition coefficient (Wildman–Crippen LogP) is 4.24. The lowest BCUT2D eigenvalue weighted by Crippen LogP contribution is -2.07. The highest BCUT2D eigenvalue weighted by atomic mass is 35.5. The second-order valence-electron chi connectivity index (χ2n) is 4.19. The normalized spacial score (nSPS) is 10.1. The number of benzene rings is 2. The monoisotopic (exact) mass is 290 g/mol. The van der Waals surface area contributed by atoms with E-state index in [2.05, 4.69) is 0 Å². The Balaban J connectivity index is 1.99. The molecule has 0 radical (unpaired) electrons. The van der Waals surface area contributed by atoms with E-state index in [1.54, 1.807) is 19.1 Å². The lowest BCUT2D eigenvalue weighted by molar-refractivity contribution is -0.142. The molecule has 20 heavy (non-hydrogen) atoms. The smallest absolute Gasteiger partial charge is 0.310 e. The van der Waals surface area contributed by atoms with Crippen molar-refractivity contribution in [2.45, 2.75) is 13.3 Å². The van der Waals surface area contributed by atoms with Crippen molar-refractivity contribution in [2.24, 2.45) is 0 Å². The fourth-order valence-corrected chi connectivity index (χ4v) is 1.90. The zero-order valence-corrected chi connectivity index (χ0v) is 11.9. The summed E-state index contributed by atoms with van der Waals surface area (Å²) < 4.78 is 10.6. The minimum atomic E-state index is -0.226. The van der Waals surface area contributed by atoms with Gasteiger partial charge in [0.05, 0.1) is 13.0 Å². The number of rotatable bonds is 5. The maximum Gasteiger partial charge on any atom is 0.310 e. The van der Waals surface area contributed by atoms with Gasteiger partial charge in [0.2, 0.25) is 0 Å². The van der Waals surface area contributed by atoms with Crippen LogP contribution in [0.2, 0.25) is 5.02 Å². The Morgan fingerprint density at radius 1 is 1.10 bits per heavy atom. The van der Waals surface area contributed by atoms with Gasteiger partial charge in [-0.3, -0.25) is 4.79 Å². The Morgan fingerprint density at radius 3 is 2.50 bits per heavy atom. The second kappa shape index (κ2) is 6.96. The highest BCUT2D eigenvalue weighted by molar-refractivity contribution is 6.30.